The standard InChI is InChI=1S/C16H27FN2O/c1-12(2)19(9-10-20)15-8-6-7-14(17)13(15)11-18-16(3,4)5/h6-8,12,18,20H,9-11H2,1-5H3. The van der Waals surface area contributed by atoms with Crippen molar-refractivity contribution < 1.29 is 9.50 Å². The lowest BCUT2D eigenvalue weighted by Crippen LogP contribution is -2.38. The van der Waals surface area contributed by atoms with Crippen molar-refractivity contribution in [1.82, 2.24) is 5.32 Å². The van der Waals surface area contributed by atoms with E-state index in [1.165, 1.54) is 6.07 Å². The van der Waals surface area contributed by atoms with Crippen LogP contribution in [0.5, 0.6) is 0 Å². The molecular weight excluding hydrogens is 255 g/mol. The van der Waals surface area contributed by atoms with Crippen LogP contribution in [0.4, 0.5) is 10.1 Å². The molecule has 0 aliphatic heterocycles. The molecule has 1 aromatic carbocycles. The maximum absolute atomic E-state index is 14.2. The van der Waals surface area contributed by atoms with Gasteiger partial charge in [0, 0.05) is 35.9 Å². The first-order valence-corrected chi connectivity index (χ1v) is 7.16. The van der Waals surface area contributed by atoms with Crippen LogP contribution in [-0.4, -0.2) is 29.8 Å². The average molecular weight is 282 g/mol. The summed E-state index contributed by atoms with van der Waals surface area (Å²) in [5.41, 5.74) is 1.44. The lowest BCUT2D eigenvalue weighted by molar-refractivity contribution is 0.298. The normalized spacial score (nSPS) is 12.0. The number of hydrogen-bond donors (Lipinski definition) is 2. The fourth-order valence-corrected chi connectivity index (χ4v) is 2.11. The van der Waals surface area contributed by atoms with Gasteiger partial charge in [-0.25, -0.2) is 4.39 Å². The molecule has 0 atom stereocenters. The van der Waals surface area contributed by atoms with Crippen molar-refractivity contribution in [3.63, 3.8) is 0 Å². The molecule has 20 heavy (non-hydrogen) atoms. The number of aliphatic hydroxyl groups is 1. The van der Waals surface area contributed by atoms with E-state index in [9.17, 15) is 9.50 Å². The number of aliphatic hydroxyl groups excluding tert-OH is 1. The van der Waals surface area contributed by atoms with Gasteiger partial charge in [0.05, 0.1) is 6.61 Å². The molecule has 4 heteroatoms. The molecule has 0 aromatic heterocycles. The van der Waals surface area contributed by atoms with Gasteiger partial charge in [-0.3, -0.25) is 0 Å². The predicted molar refractivity (Wildman–Crippen MR) is 82.6 cm³/mol. The minimum Gasteiger partial charge on any atom is -0.395 e. The number of anilines is 1. The Labute approximate surface area is 121 Å². The topological polar surface area (TPSA) is 35.5 Å². The van der Waals surface area contributed by atoms with Gasteiger partial charge in [0.2, 0.25) is 0 Å². The summed E-state index contributed by atoms with van der Waals surface area (Å²) < 4.78 is 14.2. The van der Waals surface area contributed by atoms with Crippen LogP contribution in [0, 0.1) is 5.82 Å². The first-order valence-electron chi connectivity index (χ1n) is 7.16. The third-order valence-corrected chi connectivity index (χ3v) is 3.16. The molecule has 0 spiro atoms. The van der Waals surface area contributed by atoms with Crippen LogP contribution in [0.25, 0.3) is 0 Å². The second-order valence-corrected chi connectivity index (χ2v) is 6.35. The molecule has 0 fully saturated rings. The number of nitrogens with one attached hydrogen (secondary N) is 1. The van der Waals surface area contributed by atoms with Crippen LogP contribution < -0.4 is 10.2 Å². The molecule has 0 bridgehead atoms. The molecule has 0 aliphatic carbocycles. The zero-order valence-electron chi connectivity index (χ0n) is 13.2. The molecule has 0 aliphatic rings. The smallest absolute Gasteiger partial charge is 0.129 e. The minimum absolute atomic E-state index is 0.0564. The quantitative estimate of drug-likeness (QED) is 0.842. The molecule has 114 valence electrons. The fraction of sp³-hybridized carbons (Fsp3) is 0.625. The van der Waals surface area contributed by atoms with E-state index in [-0.39, 0.29) is 24.0 Å². The predicted octanol–water partition coefficient (Wildman–Crippen LogP) is 2.92. The Balaban J connectivity index is 3.08. The van der Waals surface area contributed by atoms with Gasteiger partial charge in [0.15, 0.2) is 0 Å². The largest absolute Gasteiger partial charge is 0.395 e. The van der Waals surface area contributed by atoms with E-state index in [4.69, 9.17) is 0 Å². The van der Waals surface area contributed by atoms with Crippen molar-refractivity contribution >= 4 is 5.69 Å². The first-order chi connectivity index (χ1) is 9.26. The van der Waals surface area contributed by atoms with E-state index in [0.29, 0.717) is 18.7 Å². The van der Waals surface area contributed by atoms with Crippen molar-refractivity contribution in [1.29, 1.82) is 0 Å². The molecule has 1 aromatic rings. The lowest BCUT2D eigenvalue weighted by atomic mass is 10.1. The zero-order valence-corrected chi connectivity index (χ0v) is 13.2. The Hall–Kier alpha value is -1.13. The Kier molecular flexibility index (Phi) is 5.96. The van der Waals surface area contributed by atoms with Crippen LogP contribution in [0.1, 0.15) is 40.2 Å². The molecule has 0 saturated heterocycles. The lowest BCUT2D eigenvalue weighted by Gasteiger charge is -2.31. The van der Waals surface area contributed by atoms with Crippen molar-refractivity contribution in [3.8, 4) is 0 Å². The van der Waals surface area contributed by atoms with E-state index < -0.39 is 0 Å². The average Bonchev–Trinajstić information content (AvgIpc) is 2.32. The Morgan fingerprint density at radius 1 is 1.30 bits per heavy atom. The maximum atomic E-state index is 14.2. The molecule has 0 saturated carbocycles. The van der Waals surface area contributed by atoms with E-state index in [1.807, 2.05) is 24.8 Å². The summed E-state index contributed by atoms with van der Waals surface area (Å²) in [5.74, 6) is -0.206. The SMILES string of the molecule is CC(C)N(CCO)c1cccc(F)c1CNC(C)(C)C. The summed E-state index contributed by atoms with van der Waals surface area (Å²) in [6.07, 6.45) is 0. The molecule has 2 N–H and O–H groups in total. The van der Waals surface area contributed by atoms with Crippen LogP contribution >= 0.6 is 0 Å². The van der Waals surface area contributed by atoms with Crippen molar-refractivity contribution in [2.45, 2.75) is 52.7 Å². The first kappa shape index (κ1) is 16.9. The summed E-state index contributed by atoms with van der Waals surface area (Å²) in [6, 6.07) is 5.33. The van der Waals surface area contributed by atoms with Crippen molar-refractivity contribution in [3.05, 3.63) is 29.6 Å². The maximum Gasteiger partial charge on any atom is 0.129 e. The number of halogens is 1. The summed E-state index contributed by atoms with van der Waals surface area (Å²) in [7, 11) is 0. The van der Waals surface area contributed by atoms with Gasteiger partial charge in [-0.15, -0.1) is 0 Å². The van der Waals surface area contributed by atoms with E-state index >= 15 is 0 Å². The molecule has 3 nitrogen and oxygen atoms in total. The Bertz CT molecular complexity index is 427. The van der Waals surface area contributed by atoms with E-state index in [2.05, 4.69) is 26.1 Å². The molecule has 0 amide bonds. The van der Waals surface area contributed by atoms with Gasteiger partial charge in [0.25, 0.3) is 0 Å². The Morgan fingerprint density at radius 2 is 1.95 bits per heavy atom. The van der Waals surface area contributed by atoms with Gasteiger partial charge >= 0.3 is 0 Å². The number of benzene rings is 1. The summed E-state index contributed by atoms with van der Waals surface area (Å²) in [5, 5.41) is 12.5. The van der Waals surface area contributed by atoms with E-state index in [1.54, 1.807) is 6.07 Å². The van der Waals surface area contributed by atoms with Crippen molar-refractivity contribution in [2.24, 2.45) is 0 Å². The number of hydrogen-bond acceptors (Lipinski definition) is 3. The third-order valence-electron chi connectivity index (χ3n) is 3.16. The van der Waals surface area contributed by atoms with Gasteiger partial charge in [0.1, 0.15) is 5.82 Å². The third kappa shape index (κ3) is 4.76. The second-order valence-electron chi connectivity index (χ2n) is 6.35. The number of nitrogens with zero attached hydrogens (tertiary/aromatic N) is 1. The minimum atomic E-state index is -0.206. The van der Waals surface area contributed by atoms with Gasteiger partial charge in [-0.1, -0.05) is 6.07 Å². The van der Waals surface area contributed by atoms with Crippen LogP contribution in [-0.2, 0) is 6.54 Å². The Morgan fingerprint density at radius 3 is 2.45 bits per heavy atom. The van der Waals surface area contributed by atoms with Gasteiger partial charge in [-0.05, 0) is 46.8 Å². The van der Waals surface area contributed by atoms with E-state index in [0.717, 1.165) is 5.69 Å². The summed E-state index contributed by atoms with van der Waals surface area (Å²) in [4.78, 5) is 2.03. The molecular formula is C16H27FN2O. The summed E-state index contributed by atoms with van der Waals surface area (Å²) >= 11 is 0. The highest BCUT2D eigenvalue weighted by Gasteiger charge is 2.18. The second kappa shape index (κ2) is 7.04. The molecule has 0 unspecified atom stereocenters. The highest BCUT2D eigenvalue weighted by Crippen LogP contribution is 2.25. The fourth-order valence-electron chi connectivity index (χ4n) is 2.11. The highest BCUT2D eigenvalue weighted by atomic mass is 19.1. The summed E-state index contributed by atoms with van der Waals surface area (Å²) in [6.45, 7) is 11.3. The monoisotopic (exact) mass is 282 g/mol. The van der Waals surface area contributed by atoms with Crippen LogP contribution in [0.3, 0.4) is 0 Å². The molecule has 1 rings (SSSR count). The zero-order chi connectivity index (χ0) is 15.3. The van der Waals surface area contributed by atoms with Crippen molar-refractivity contribution in [2.75, 3.05) is 18.1 Å². The molecule has 0 radical (unpaired) electrons. The van der Waals surface area contributed by atoms with Gasteiger partial charge < -0.3 is 15.3 Å². The van der Waals surface area contributed by atoms with Gasteiger partial charge in [-0.2, -0.15) is 0 Å². The highest BCUT2D eigenvalue weighted by molar-refractivity contribution is 5.55. The molecule has 0 heterocycles. The van der Waals surface area contributed by atoms with Crippen LogP contribution in [0.2, 0.25) is 0 Å². The number of rotatable bonds is 6. The van der Waals surface area contributed by atoms with Crippen LogP contribution in [0.15, 0.2) is 18.2 Å².